The third-order valence-electron chi connectivity index (χ3n) is 3.24. The Kier molecular flexibility index (Phi) is 3.24. The molecule has 2 aromatic carbocycles. The number of benzene rings is 2. The van der Waals surface area contributed by atoms with E-state index in [-0.39, 0.29) is 15.5 Å². The molecule has 100 valence electrons. The first-order valence-electron chi connectivity index (χ1n) is 5.81. The van der Waals surface area contributed by atoms with Crippen LogP contribution in [0.2, 0.25) is 0 Å². The van der Waals surface area contributed by atoms with E-state index in [0.717, 1.165) is 11.1 Å². The first-order valence-corrected chi connectivity index (χ1v) is 7.29. The van der Waals surface area contributed by atoms with Crippen LogP contribution < -0.4 is 11.5 Å². The minimum atomic E-state index is -3.64. The molecule has 2 aromatic rings. The van der Waals surface area contributed by atoms with Gasteiger partial charge in [0, 0.05) is 0 Å². The monoisotopic (exact) mass is 276 g/mol. The Morgan fingerprint density at radius 2 is 1.53 bits per heavy atom. The molecule has 0 atom stereocenters. The van der Waals surface area contributed by atoms with Gasteiger partial charge in [-0.05, 0) is 43.2 Å². The van der Waals surface area contributed by atoms with Gasteiger partial charge in [-0.25, -0.2) is 8.42 Å². The van der Waals surface area contributed by atoms with E-state index in [4.69, 9.17) is 11.5 Å². The molecule has 0 aliphatic rings. The fraction of sp³-hybridized carbons (Fsp3) is 0.143. The lowest BCUT2D eigenvalue weighted by molar-refractivity contribution is 0.596. The van der Waals surface area contributed by atoms with Gasteiger partial charge in [0.2, 0.25) is 9.84 Å². The predicted molar refractivity (Wildman–Crippen MR) is 76.6 cm³/mol. The van der Waals surface area contributed by atoms with Crippen molar-refractivity contribution in [3.8, 4) is 0 Å². The van der Waals surface area contributed by atoms with E-state index in [2.05, 4.69) is 0 Å². The van der Waals surface area contributed by atoms with Crippen molar-refractivity contribution in [1.82, 2.24) is 0 Å². The highest BCUT2D eigenvalue weighted by atomic mass is 32.2. The molecule has 0 radical (unpaired) electrons. The summed E-state index contributed by atoms with van der Waals surface area (Å²) in [7, 11) is -3.64. The van der Waals surface area contributed by atoms with Gasteiger partial charge in [0.15, 0.2) is 0 Å². The number of aryl methyl sites for hydroxylation is 1. The second kappa shape index (κ2) is 4.59. The minimum Gasteiger partial charge on any atom is -0.397 e. The first-order chi connectivity index (χ1) is 8.85. The zero-order valence-electron chi connectivity index (χ0n) is 10.8. The standard InChI is InChI=1S/C14H16N2O2S/c1-9-8-12(14(16)13(15)10(9)2)19(17,18)11-6-4-3-5-7-11/h3-8H,15-16H2,1-2H3. The molecule has 0 amide bonds. The fourth-order valence-electron chi connectivity index (χ4n) is 1.88. The van der Waals surface area contributed by atoms with Gasteiger partial charge in [-0.3, -0.25) is 0 Å². The predicted octanol–water partition coefficient (Wildman–Crippen LogP) is 2.30. The highest BCUT2D eigenvalue weighted by Gasteiger charge is 2.23. The molecular weight excluding hydrogens is 260 g/mol. The van der Waals surface area contributed by atoms with Crippen molar-refractivity contribution in [1.29, 1.82) is 0 Å². The molecule has 19 heavy (non-hydrogen) atoms. The summed E-state index contributed by atoms with van der Waals surface area (Å²) >= 11 is 0. The van der Waals surface area contributed by atoms with Gasteiger partial charge in [0.1, 0.15) is 0 Å². The minimum absolute atomic E-state index is 0.0688. The number of rotatable bonds is 2. The summed E-state index contributed by atoms with van der Waals surface area (Å²) in [5, 5.41) is 0. The summed E-state index contributed by atoms with van der Waals surface area (Å²) in [5.41, 5.74) is 13.8. The van der Waals surface area contributed by atoms with Gasteiger partial charge in [-0.15, -0.1) is 0 Å². The summed E-state index contributed by atoms with van der Waals surface area (Å²) in [6.07, 6.45) is 0. The third kappa shape index (κ3) is 2.17. The summed E-state index contributed by atoms with van der Waals surface area (Å²) in [5.74, 6) is 0. The van der Waals surface area contributed by atoms with Crippen LogP contribution in [0.4, 0.5) is 11.4 Å². The zero-order valence-corrected chi connectivity index (χ0v) is 11.7. The topological polar surface area (TPSA) is 86.2 Å². The lowest BCUT2D eigenvalue weighted by Gasteiger charge is -2.14. The van der Waals surface area contributed by atoms with Crippen LogP contribution in [0.3, 0.4) is 0 Å². The second-order valence-corrected chi connectivity index (χ2v) is 6.38. The smallest absolute Gasteiger partial charge is 0.208 e. The van der Waals surface area contributed by atoms with Crippen LogP contribution in [0.15, 0.2) is 46.2 Å². The van der Waals surface area contributed by atoms with Gasteiger partial charge < -0.3 is 11.5 Å². The molecule has 0 aromatic heterocycles. The maximum Gasteiger partial charge on any atom is 0.208 e. The molecule has 0 aliphatic carbocycles. The Labute approximate surface area is 113 Å². The van der Waals surface area contributed by atoms with Crippen LogP contribution in [0.1, 0.15) is 11.1 Å². The Morgan fingerprint density at radius 3 is 2.11 bits per heavy atom. The number of hydrogen-bond donors (Lipinski definition) is 2. The van der Waals surface area contributed by atoms with Crippen molar-refractivity contribution >= 4 is 21.2 Å². The number of nitrogen functional groups attached to an aromatic ring is 2. The van der Waals surface area contributed by atoms with Crippen LogP contribution in [-0.2, 0) is 9.84 Å². The van der Waals surface area contributed by atoms with Gasteiger partial charge in [-0.1, -0.05) is 18.2 Å². The SMILES string of the molecule is Cc1cc(S(=O)(=O)c2ccccc2)c(N)c(N)c1C. The summed E-state index contributed by atoms with van der Waals surface area (Å²) in [6.45, 7) is 3.63. The van der Waals surface area contributed by atoms with Crippen LogP contribution in [-0.4, -0.2) is 8.42 Å². The fourth-order valence-corrected chi connectivity index (χ4v) is 3.38. The van der Waals surface area contributed by atoms with E-state index < -0.39 is 9.84 Å². The average molecular weight is 276 g/mol. The van der Waals surface area contributed by atoms with Crippen molar-refractivity contribution in [2.75, 3.05) is 11.5 Å². The van der Waals surface area contributed by atoms with Gasteiger partial charge in [0.05, 0.1) is 21.2 Å². The molecule has 0 aliphatic heterocycles. The highest BCUT2D eigenvalue weighted by Crippen LogP contribution is 2.33. The van der Waals surface area contributed by atoms with Crippen molar-refractivity contribution in [2.24, 2.45) is 0 Å². The lowest BCUT2D eigenvalue weighted by Crippen LogP contribution is -2.09. The van der Waals surface area contributed by atoms with Crippen molar-refractivity contribution in [3.63, 3.8) is 0 Å². The molecule has 0 heterocycles. The Morgan fingerprint density at radius 1 is 0.947 bits per heavy atom. The second-order valence-electron chi connectivity index (χ2n) is 4.46. The molecule has 0 spiro atoms. The molecule has 4 N–H and O–H groups in total. The highest BCUT2D eigenvalue weighted by molar-refractivity contribution is 7.91. The quantitative estimate of drug-likeness (QED) is 0.824. The molecule has 0 fully saturated rings. The van der Waals surface area contributed by atoms with E-state index in [0.29, 0.717) is 5.69 Å². The van der Waals surface area contributed by atoms with Crippen LogP contribution >= 0.6 is 0 Å². The Bertz CT molecular complexity index is 723. The first kappa shape index (κ1) is 13.4. The Hall–Kier alpha value is -2.01. The maximum atomic E-state index is 12.5. The summed E-state index contributed by atoms with van der Waals surface area (Å²) in [4.78, 5) is 0.281. The van der Waals surface area contributed by atoms with Gasteiger partial charge in [-0.2, -0.15) is 0 Å². The van der Waals surface area contributed by atoms with Crippen molar-refractivity contribution in [3.05, 3.63) is 47.5 Å². The van der Waals surface area contributed by atoms with Crippen LogP contribution in [0.5, 0.6) is 0 Å². The van der Waals surface area contributed by atoms with Crippen LogP contribution in [0.25, 0.3) is 0 Å². The normalized spacial score (nSPS) is 11.5. The van der Waals surface area contributed by atoms with E-state index in [1.54, 1.807) is 36.4 Å². The molecule has 0 unspecified atom stereocenters. The van der Waals surface area contributed by atoms with E-state index in [9.17, 15) is 8.42 Å². The summed E-state index contributed by atoms with van der Waals surface area (Å²) in [6, 6.07) is 9.77. The lowest BCUT2D eigenvalue weighted by atomic mass is 10.1. The van der Waals surface area contributed by atoms with Crippen molar-refractivity contribution in [2.45, 2.75) is 23.6 Å². The number of sulfone groups is 1. The summed E-state index contributed by atoms with van der Waals surface area (Å²) < 4.78 is 25.1. The van der Waals surface area contributed by atoms with E-state index >= 15 is 0 Å². The van der Waals surface area contributed by atoms with E-state index in [1.807, 2.05) is 13.8 Å². The van der Waals surface area contributed by atoms with E-state index in [1.165, 1.54) is 0 Å². The van der Waals surface area contributed by atoms with Crippen molar-refractivity contribution < 1.29 is 8.42 Å². The third-order valence-corrected chi connectivity index (χ3v) is 5.05. The molecule has 5 heteroatoms. The Balaban J connectivity index is 2.73. The molecular formula is C14H16N2O2S. The molecule has 0 bridgehead atoms. The maximum absolute atomic E-state index is 12.5. The molecule has 0 saturated carbocycles. The van der Waals surface area contributed by atoms with Gasteiger partial charge >= 0.3 is 0 Å². The zero-order chi connectivity index (χ0) is 14.2. The number of anilines is 2. The van der Waals surface area contributed by atoms with Crippen LogP contribution in [0, 0.1) is 13.8 Å². The molecule has 4 nitrogen and oxygen atoms in total. The molecule has 2 rings (SSSR count). The largest absolute Gasteiger partial charge is 0.397 e. The number of hydrogen-bond acceptors (Lipinski definition) is 4. The average Bonchev–Trinajstić information content (AvgIpc) is 2.41. The number of nitrogens with two attached hydrogens (primary N) is 2. The molecule has 0 saturated heterocycles. The van der Waals surface area contributed by atoms with Gasteiger partial charge in [0.25, 0.3) is 0 Å².